The molecule has 2 aromatic rings. The second-order valence-electron chi connectivity index (χ2n) is 5.33. The predicted octanol–water partition coefficient (Wildman–Crippen LogP) is 3.46. The molecule has 0 saturated heterocycles. The summed E-state index contributed by atoms with van der Waals surface area (Å²) in [5, 5.41) is 18.8. The third-order valence-electron chi connectivity index (χ3n) is 4.15. The Morgan fingerprint density at radius 1 is 1.00 bits per heavy atom. The summed E-state index contributed by atoms with van der Waals surface area (Å²) < 4.78 is 13.0. The monoisotopic (exact) mass is 290 g/mol. The van der Waals surface area contributed by atoms with E-state index in [1.807, 2.05) is 42.5 Å². The van der Waals surface area contributed by atoms with E-state index in [4.69, 9.17) is 0 Å². The van der Waals surface area contributed by atoms with E-state index in [1.165, 1.54) is 24.3 Å². The Hall–Kier alpha value is -2.98. The highest BCUT2D eigenvalue weighted by atomic mass is 19.1. The third kappa shape index (κ3) is 1.98. The van der Waals surface area contributed by atoms with Crippen LogP contribution in [0, 0.1) is 39.8 Å². The zero-order chi connectivity index (χ0) is 15.7. The molecule has 0 bridgehead atoms. The van der Waals surface area contributed by atoms with Gasteiger partial charge in [-0.2, -0.15) is 10.5 Å². The predicted molar refractivity (Wildman–Crippen MR) is 77.1 cm³/mol. The lowest BCUT2D eigenvalue weighted by Crippen LogP contribution is -2.08. The van der Waals surface area contributed by atoms with Crippen molar-refractivity contribution in [2.24, 2.45) is 11.3 Å². The molecule has 0 N–H and O–H groups in total. The van der Waals surface area contributed by atoms with Gasteiger partial charge < -0.3 is 0 Å². The number of carbonyl (C=O) groups is 1. The molecule has 4 heteroatoms. The van der Waals surface area contributed by atoms with Crippen molar-refractivity contribution in [3.8, 4) is 12.1 Å². The van der Waals surface area contributed by atoms with E-state index in [9.17, 15) is 19.7 Å². The van der Waals surface area contributed by atoms with Crippen LogP contribution in [0.25, 0.3) is 0 Å². The highest BCUT2D eigenvalue weighted by molar-refractivity contribution is 6.02. The van der Waals surface area contributed by atoms with E-state index in [1.54, 1.807) is 0 Å². The average molecular weight is 290 g/mol. The molecule has 1 fully saturated rings. The molecule has 106 valence electrons. The molecule has 0 aromatic heterocycles. The SMILES string of the molecule is N#CC1(C#N)[C@H](C(=O)c2ccc(F)cc2)[C@H]1c1ccccc1. The molecule has 0 spiro atoms. The van der Waals surface area contributed by atoms with Gasteiger partial charge in [-0.3, -0.25) is 4.79 Å². The van der Waals surface area contributed by atoms with Gasteiger partial charge in [-0.15, -0.1) is 0 Å². The summed E-state index contributed by atoms with van der Waals surface area (Å²) in [4.78, 5) is 12.6. The topological polar surface area (TPSA) is 64.7 Å². The van der Waals surface area contributed by atoms with Crippen molar-refractivity contribution in [2.45, 2.75) is 5.92 Å². The fourth-order valence-electron chi connectivity index (χ4n) is 2.96. The number of rotatable bonds is 3. The highest BCUT2D eigenvalue weighted by Crippen LogP contribution is 2.65. The van der Waals surface area contributed by atoms with Crippen LogP contribution in [-0.2, 0) is 0 Å². The summed E-state index contributed by atoms with van der Waals surface area (Å²) >= 11 is 0. The Labute approximate surface area is 127 Å². The summed E-state index contributed by atoms with van der Waals surface area (Å²) in [6, 6.07) is 18.3. The number of hydrogen-bond donors (Lipinski definition) is 0. The van der Waals surface area contributed by atoms with Crippen LogP contribution in [0.2, 0.25) is 0 Å². The van der Waals surface area contributed by atoms with Crippen molar-refractivity contribution >= 4 is 5.78 Å². The first-order chi connectivity index (χ1) is 10.6. The second kappa shape index (κ2) is 5.09. The van der Waals surface area contributed by atoms with E-state index in [2.05, 4.69) is 0 Å². The van der Waals surface area contributed by atoms with Gasteiger partial charge in [-0.1, -0.05) is 30.3 Å². The van der Waals surface area contributed by atoms with Crippen LogP contribution in [0.4, 0.5) is 4.39 Å². The van der Waals surface area contributed by atoms with Crippen molar-refractivity contribution in [3.63, 3.8) is 0 Å². The number of nitrogens with zero attached hydrogens (tertiary/aromatic N) is 2. The van der Waals surface area contributed by atoms with Crippen LogP contribution in [0.5, 0.6) is 0 Å². The largest absolute Gasteiger partial charge is 0.294 e. The normalized spacial score (nSPS) is 21.4. The zero-order valence-corrected chi connectivity index (χ0v) is 11.5. The van der Waals surface area contributed by atoms with Crippen LogP contribution >= 0.6 is 0 Å². The summed E-state index contributed by atoms with van der Waals surface area (Å²) in [6.07, 6.45) is 0. The lowest BCUT2D eigenvalue weighted by molar-refractivity contribution is 0.0958. The summed E-state index contributed by atoms with van der Waals surface area (Å²) in [7, 11) is 0. The average Bonchev–Trinajstić information content (AvgIpc) is 3.25. The number of hydrogen-bond acceptors (Lipinski definition) is 3. The van der Waals surface area contributed by atoms with Gasteiger partial charge in [0.2, 0.25) is 0 Å². The van der Waals surface area contributed by atoms with E-state index >= 15 is 0 Å². The Morgan fingerprint density at radius 2 is 1.59 bits per heavy atom. The first kappa shape index (κ1) is 14.0. The Morgan fingerprint density at radius 3 is 2.14 bits per heavy atom. The van der Waals surface area contributed by atoms with Crippen LogP contribution < -0.4 is 0 Å². The first-order valence-electron chi connectivity index (χ1n) is 6.81. The second-order valence-corrected chi connectivity index (χ2v) is 5.33. The van der Waals surface area contributed by atoms with Crippen molar-refractivity contribution in [3.05, 3.63) is 71.5 Å². The fraction of sp³-hybridized carbons (Fsp3) is 0.167. The molecule has 0 aliphatic heterocycles. The van der Waals surface area contributed by atoms with Crippen molar-refractivity contribution in [1.29, 1.82) is 10.5 Å². The van der Waals surface area contributed by atoms with Gasteiger partial charge in [0, 0.05) is 11.5 Å². The van der Waals surface area contributed by atoms with Gasteiger partial charge in [-0.25, -0.2) is 4.39 Å². The molecular formula is C18H11FN2O. The standard InChI is InChI=1S/C18H11FN2O/c19-14-8-6-13(7-9-14)17(22)16-15(18(16,10-20)11-21)12-4-2-1-3-5-12/h1-9,15-16H/t15-,16+/m1/s1. The number of benzene rings is 2. The minimum absolute atomic E-state index is 0.294. The molecule has 0 heterocycles. The molecule has 0 amide bonds. The van der Waals surface area contributed by atoms with Crippen LogP contribution in [0.15, 0.2) is 54.6 Å². The molecule has 0 unspecified atom stereocenters. The third-order valence-corrected chi connectivity index (χ3v) is 4.15. The van der Waals surface area contributed by atoms with Gasteiger partial charge >= 0.3 is 0 Å². The summed E-state index contributed by atoms with van der Waals surface area (Å²) in [5.41, 5.74) is -0.224. The maximum absolute atomic E-state index is 13.0. The number of nitriles is 2. The maximum atomic E-state index is 13.0. The molecule has 1 aliphatic rings. The molecule has 2 atom stereocenters. The van der Waals surface area contributed by atoms with E-state index in [0.717, 1.165) is 5.56 Å². The van der Waals surface area contributed by atoms with Crippen molar-refractivity contribution in [1.82, 2.24) is 0 Å². The molecular weight excluding hydrogens is 279 g/mol. The Balaban J connectivity index is 1.99. The van der Waals surface area contributed by atoms with Gasteiger partial charge in [0.25, 0.3) is 0 Å². The van der Waals surface area contributed by atoms with Gasteiger partial charge in [0.05, 0.1) is 18.1 Å². The smallest absolute Gasteiger partial charge is 0.169 e. The number of halogens is 1. The molecule has 0 radical (unpaired) electrons. The molecule has 3 nitrogen and oxygen atoms in total. The summed E-state index contributed by atoms with van der Waals surface area (Å²) in [6.45, 7) is 0. The molecule has 1 aliphatic carbocycles. The quantitative estimate of drug-likeness (QED) is 0.813. The maximum Gasteiger partial charge on any atom is 0.169 e. The van der Waals surface area contributed by atoms with Crippen LogP contribution in [0.3, 0.4) is 0 Å². The van der Waals surface area contributed by atoms with Crippen molar-refractivity contribution in [2.75, 3.05) is 0 Å². The van der Waals surface area contributed by atoms with Gasteiger partial charge in [0.15, 0.2) is 11.2 Å². The number of carbonyl (C=O) groups excluding carboxylic acids is 1. The van der Waals surface area contributed by atoms with E-state index in [0.29, 0.717) is 5.56 Å². The Bertz CT molecular complexity index is 786. The first-order valence-corrected chi connectivity index (χ1v) is 6.81. The van der Waals surface area contributed by atoms with E-state index < -0.39 is 23.1 Å². The Kier molecular flexibility index (Phi) is 3.23. The molecule has 2 aromatic carbocycles. The minimum Gasteiger partial charge on any atom is -0.294 e. The van der Waals surface area contributed by atoms with Crippen molar-refractivity contribution < 1.29 is 9.18 Å². The minimum atomic E-state index is -1.34. The fourth-order valence-corrected chi connectivity index (χ4v) is 2.96. The highest BCUT2D eigenvalue weighted by Gasteiger charge is 2.70. The zero-order valence-electron chi connectivity index (χ0n) is 11.5. The lowest BCUT2D eigenvalue weighted by atomic mass is 10.0. The van der Waals surface area contributed by atoms with E-state index in [-0.39, 0.29) is 5.78 Å². The lowest BCUT2D eigenvalue weighted by Gasteiger charge is -2.00. The number of Topliss-reactive ketones (excluding diaryl/α,β-unsaturated/α-hetero) is 1. The van der Waals surface area contributed by atoms with Crippen LogP contribution in [0.1, 0.15) is 21.8 Å². The van der Waals surface area contributed by atoms with Gasteiger partial charge in [0.1, 0.15) is 5.82 Å². The van der Waals surface area contributed by atoms with Crippen LogP contribution in [-0.4, -0.2) is 5.78 Å². The summed E-state index contributed by atoms with van der Waals surface area (Å²) in [5.74, 6) is -1.88. The van der Waals surface area contributed by atoms with Gasteiger partial charge in [-0.05, 0) is 29.8 Å². The number of ketones is 1. The molecule has 1 saturated carbocycles. The molecule has 22 heavy (non-hydrogen) atoms. The molecule has 3 rings (SSSR count).